The molecule has 3 heteroatoms. The number of rotatable bonds is 20. The third-order valence-corrected chi connectivity index (χ3v) is 4.86. The third kappa shape index (κ3) is 21.6. The molecule has 0 saturated heterocycles. The molecule has 0 bridgehead atoms. The molecule has 1 unspecified atom stereocenters. The summed E-state index contributed by atoms with van der Waals surface area (Å²) in [4.78, 5) is 0. The minimum Gasteiger partial charge on any atom is -0.329 e. The highest BCUT2D eigenvalue weighted by Gasteiger charge is 1.97. The second kappa shape index (κ2) is 21.7. The van der Waals surface area contributed by atoms with Crippen molar-refractivity contribution in [3.05, 3.63) is 12.2 Å². The summed E-state index contributed by atoms with van der Waals surface area (Å²) < 4.78 is 0. The van der Waals surface area contributed by atoms with Crippen LogP contribution in [0.1, 0.15) is 103 Å². The molecule has 0 aromatic rings. The van der Waals surface area contributed by atoms with Gasteiger partial charge in [0.05, 0.1) is 0 Å². The highest BCUT2D eigenvalue weighted by atomic mass is 14.9. The van der Waals surface area contributed by atoms with Gasteiger partial charge in [-0.3, -0.25) is 0 Å². The lowest BCUT2D eigenvalue weighted by atomic mass is 10.1. The predicted molar refractivity (Wildman–Crippen MR) is 114 cm³/mol. The van der Waals surface area contributed by atoms with E-state index in [1.54, 1.807) is 0 Å². The van der Waals surface area contributed by atoms with Crippen LogP contribution in [0, 0.1) is 0 Å². The summed E-state index contributed by atoms with van der Waals surface area (Å²) in [6.07, 6.45) is 24.9. The molecule has 0 fully saturated rings. The lowest BCUT2D eigenvalue weighted by Gasteiger charge is -2.09. The van der Waals surface area contributed by atoms with Crippen molar-refractivity contribution < 1.29 is 0 Å². The van der Waals surface area contributed by atoms with Crippen molar-refractivity contribution in [1.29, 1.82) is 0 Å². The molecule has 0 amide bonds. The van der Waals surface area contributed by atoms with Crippen molar-refractivity contribution >= 4 is 0 Å². The monoisotopic (exact) mass is 353 g/mol. The van der Waals surface area contributed by atoms with Crippen LogP contribution >= 0.6 is 0 Å². The lowest BCUT2D eigenvalue weighted by molar-refractivity contribution is 0.535. The molecular weight excluding hydrogens is 306 g/mol. The van der Waals surface area contributed by atoms with E-state index in [2.05, 4.69) is 24.4 Å². The zero-order valence-electron chi connectivity index (χ0n) is 17.1. The zero-order valence-corrected chi connectivity index (χ0v) is 17.1. The van der Waals surface area contributed by atoms with Crippen LogP contribution < -0.4 is 16.8 Å². The van der Waals surface area contributed by atoms with Gasteiger partial charge in [0.1, 0.15) is 0 Å². The molecule has 0 saturated carbocycles. The molecule has 0 aromatic heterocycles. The largest absolute Gasteiger partial charge is 0.329 e. The second-order valence-electron chi connectivity index (χ2n) is 7.47. The summed E-state index contributed by atoms with van der Waals surface area (Å²) in [6.45, 7) is 5.00. The van der Waals surface area contributed by atoms with Crippen molar-refractivity contribution in [1.82, 2.24) is 5.32 Å². The fraction of sp³-hybridized carbons (Fsp3) is 0.909. The first-order chi connectivity index (χ1) is 12.3. The van der Waals surface area contributed by atoms with Crippen molar-refractivity contribution in [2.24, 2.45) is 11.5 Å². The standard InChI is InChI=1S/C22H47N3/c1-2-3-4-5-6-7-8-9-10-11-12-13-14-15-16-17-19-25-20-18-22(24)21-23/h9-10,22,25H,2-8,11-21,23-24H2,1H3. The van der Waals surface area contributed by atoms with E-state index in [4.69, 9.17) is 11.5 Å². The van der Waals surface area contributed by atoms with E-state index in [1.165, 1.54) is 89.9 Å². The van der Waals surface area contributed by atoms with Crippen LogP contribution in [0.3, 0.4) is 0 Å². The summed E-state index contributed by atoms with van der Waals surface area (Å²) in [5.41, 5.74) is 11.3. The van der Waals surface area contributed by atoms with Gasteiger partial charge in [0.15, 0.2) is 0 Å². The molecule has 3 nitrogen and oxygen atoms in total. The van der Waals surface area contributed by atoms with Gasteiger partial charge in [-0.1, -0.05) is 76.9 Å². The molecule has 5 N–H and O–H groups in total. The first-order valence-corrected chi connectivity index (χ1v) is 11.1. The third-order valence-electron chi connectivity index (χ3n) is 4.86. The Hall–Kier alpha value is -0.380. The van der Waals surface area contributed by atoms with Gasteiger partial charge in [-0.15, -0.1) is 0 Å². The van der Waals surface area contributed by atoms with E-state index in [-0.39, 0.29) is 6.04 Å². The average Bonchev–Trinajstić information content (AvgIpc) is 2.63. The maximum atomic E-state index is 5.78. The highest BCUT2D eigenvalue weighted by Crippen LogP contribution is 2.09. The number of allylic oxidation sites excluding steroid dienone is 2. The van der Waals surface area contributed by atoms with Gasteiger partial charge in [0.25, 0.3) is 0 Å². The minimum atomic E-state index is 0.160. The molecule has 0 aliphatic heterocycles. The van der Waals surface area contributed by atoms with Gasteiger partial charge in [0, 0.05) is 12.6 Å². The van der Waals surface area contributed by atoms with Crippen LogP contribution in [-0.4, -0.2) is 25.7 Å². The summed E-state index contributed by atoms with van der Waals surface area (Å²) in [6, 6.07) is 0.160. The van der Waals surface area contributed by atoms with Crippen LogP contribution in [0.15, 0.2) is 12.2 Å². The number of nitrogens with two attached hydrogens (primary N) is 2. The van der Waals surface area contributed by atoms with E-state index in [0.717, 1.165) is 19.5 Å². The fourth-order valence-electron chi connectivity index (χ4n) is 3.03. The molecular formula is C22H47N3. The van der Waals surface area contributed by atoms with Gasteiger partial charge in [-0.25, -0.2) is 0 Å². The van der Waals surface area contributed by atoms with Crippen molar-refractivity contribution in [2.45, 2.75) is 109 Å². The number of nitrogens with one attached hydrogen (secondary N) is 1. The lowest BCUT2D eigenvalue weighted by Crippen LogP contribution is -2.33. The van der Waals surface area contributed by atoms with Crippen molar-refractivity contribution in [3.8, 4) is 0 Å². The van der Waals surface area contributed by atoms with E-state index in [1.807, 2.05) is 0 Å². The summed E-state index contributed by atoms with van der Waals surface area (Å²) in [5, 5.41) is 3.46. The number of unbranched alkanes of at least 4 members (excludes halogenated alkanes) is 12. The summed E-state index contributed by atoms with van der Waals surface area (Å²) in [7, 11) is 0. The Bertz CT molecular complexity index is 266. The summed E-state index contributed by atoms with van der Waals surface area (Å²) in [5.74, 6) is 0. The van der Waals surface area contributed by atoms with Gasteiger partial charge >= 0.3 is 0 Å². The molecule has 150 valence electrons. The molecule has 0 spiro atoms. The Kier molecular flexibility index (Phi) is 21.3. The Labute approximate surface area is 158 Å². The van der Waals surface area contributed by atoms with E-state index >= 15 is 0 Å². The molecule has 0 aliphatic rings. The van der Waals surface area contributed by atoms with E-state index < -0.39 is 0 Å². The Morgan fingerprint density at radius 2 is 1.24 bits per heavy atom. The average molecular weight is 354 g/mol. The SMILES string of the molecule is CCCCCCCCC=CCCCCCCCCNCCC(N)CN. The fourth-order valence-corrected chi connectivity index (χ4v) is 3.03. The number of hydrogen-bond acceptors (Lipinski definition) is 3. The maximum Gasteiger partial charge on any atom is 0.0175 e. The minimum absolute atomic E-state index is 0.160. The number of hydrogen-bond donors (Lipinski definition) is 3. The normalized spacial score (nSPS) is 12.9. The highest BCUT2D eigenvalue weighted by molar-refractivity contribution is 4.81. The first kappa shape index (κ1) is 24.6. The smallest absolute Gasteiger partial charge is 0.0175 e. The van der Waals surface area contributed by atoms with Gasteiger partial charge in [-0.05, 0) is 51.6 Å². The van der Waals surface area contributed by atoms with Crippen LogP contribution in [0.2, 0.25) is 0 Å². The Morgan fingerprint density at radius 3 is 1.80 bits per heavy atom. The molecule has 0 rings (SSSR count). The predicted octanol–water partition coefficient (Wildman–Crippen LogP) is 5.29. The molecule has 0 aromatic carbocycles. The maximum absolute atomic E-state index is 5.78. The van der Waals surface area contributed by atoms with Crippen LogP contribution in [0.25, 0.3) is 0 Å². The molecule has 25 heavy (non-hydrogen) atoms. The van der Waals surface area contributed by atoms with Gasteiger partial charge in [0.2, 0.25) is 0 Å². The van der Waals surface area contributed by atoms with Crippen LogP contribution in [0.5, 0.6) is 0 Å². The Balaban J connectivity index is 3.07. The van der Waals surface area contributed by atoms with Gasteiger partial charge in [-0.2, -0.15) is 0 Å². The molecule has 0 heterocycles. The molecule has 0 aliphatic carbocycles. The van der Waals surface area contributed by atoms with E-state index in [0.29, 0.717) is 6.54 Å². The quantitative estimate of drug-likeness (QED) is 0.206. The van der Waals surface area contributed by atoms with Gasteiger partial charge < -0.3 is 16.8 Å². The zero-order chi connectivity index (χ0) is 18.4. The Morgan fingerprint density at radius 1 is 0.720 bits per heavy atom. The summed E-state index contributed by atoms with van der Waals surface area (Å²) >= 11 is 0. The van der Waals surface area contributed by atoms with E-state index in [9.17, 15) is 0 Å². The molecule has 0 radical (unpaired) electrons. The van der Waals surface area contributed by atoms with Crippen LogP contribution in [0.4, 0.5) is 0 Å². The van der Waals surface area contributed by atoms with Crippen molar-refractivity contribution in [2.75, 3.05) is 19.6 Å². The van der Waals surface area contributed by atoms with Crippen molar-refractivity contribution in [3.63, 3.8) is 0 Å². The molecule has 1 atom stereocenters. The first-order valence-electron chi connectivity index (χ1n) is 11.1. The van der Waals surface area contributed by atoms with Crippen LogP contribution in [-0.2, 0) is 0 Å². The topological polar surface area (TPSA) is 64.1 Å². The second-order valence-corrected chi connectivity index (χ2v) is 7.47.